The Morgan fingerprint density at radius 1 is 0.958 bits per heavy atom. The van der Waals surface area contributed by atoms with E-state index in [0.29, 0.717) is 35.8 Å². The third kappa shape index (κ3) is 2.41. The molecule has 0 N–H and O–H groups in total. The molecule has 2 aromatic heterocycles. The summed E-state index contributed by atoms with van der Waals surface area (Å²) in [6.45, 7) is 0.991. The SMILES string of the molecule is COCCn1c(-c2ccccc2F)nc2nc3ccccc3nc21. The van der Waals surface area contributed by atoms with Gasteiger partial charge in [0.25, 0.3) is 0 Å². The summed E-state index contributed by atoms with van der Waals surface area (Å²) in [5, 5.41) is 0. The van der Waals surface area contributed by atoms with Crippen molar-refractivity contribution in [1.29, 1.82) is 0 Å². The second kappa shape index (κ2) is 5.98. The summed E-state index contributed by atoms with van der Waals surface area (Å²) >= 11 is 0. The lowest BCUT2D eigenvalue weighted by molar-refractivity contribution is 0.188. The Kier molecular flexibility index (Phi) is 3.66. The van der Waals surface area contributed by atoms with Crippen LogP contribution in [0.2, 0.25) is 0 Å². The number of rotatable bonds is 4. The molecule has 0 atom stereocenters. The molecule has 6 heteroatoms. The smallest absolute Gasteiger partial charge is 0.198 e. The lowest BCUT2D eigenvalue weighted by atomic mass is 10.2. The summed E-state index contributed by atoms with van der Waals surface area (Å²) in [5.74, 6) is 0.187. The molecule has 0 saturated heterocycles. The maximum absolute atomic E-state index is 14.3. The van der Waals surface area contributed by atoms with Crippen molar-refractivity contribution in [3.8, 4) is 11.4 Å². The fraction of sp³-hybridized carbons (Fsp3) is 0.167. The second-order valence-electron chi connectivity index (χ2n) is 5.42. The van der Waals surface area contributed by atoms with Gasteiger partial charge in [-0.3, -0.25) is 0 Å². The van der Waals surface area contributed by atoms with Crippen molar-refractivity contribution in [3.63, 3.8) is 0 Å². The average Bonchev–Trinajstić information content (AvgIpc) is 2.95. The predicted octanol–water partition coefficient (Wildman–Crippen LogP) is 3.43. The number of hydrogen-bond donors (Lipinski definition) is 0. The van der Waals surface area contributed by atoms with E-state index < -0.39 is 0 Å². The van der Waals surface area contributed by atoms with Crippen molar-refractivity contribution >= 4 is 22.3 Å². The first kappa shape index (κ1) is 14.7. The number of halogens is 1. The minimum atomic E-state index is -0.323. The van der Waals surface area contributed by atoms with Gasteiger partial charge in [0.2, 0.25) is 0 Å². The molecule has 0 aliphatic rings. The van der Waals surface area contributed by atoms with Gasteiger partial charge >= 0.3 is 0 Å². The highest BCUT2D eigenvalue weighted by Crippen LogP contribution is 2.26. The van der Waals surface area contributed by atoms with E-state index in [1.165, 1.54) is 6.07 Å². The van der Waals surface area contributed by atoms with Gasteiger partial charge in [-0.2, -0.15) is 0 Å². The van der Waals surface area contributed by atoms with Crippen LogP contribution in [0.5, 0.6) is 0 Å². The van der Waals surface area contributed by atoms with Gasteiger partial charge in [0.15, 0.2) is 11.3 Å². The van der Waals surface area contributed by atoms with Gasteiger partial charge in [-0.25, -0.2) is 19.3 Å². The van der Waals surface area contributed by atoms with Crippen LogP contribution in [0.4, 0.5) is 4.39 Å². The molecular weight excluding hydrogens is 307 g/mol. The summed E-state index contributed by atoms with van der Waals surface area (Å²) in [5.41, 5.74) is 3.11. The van der Waals surface area contributed by atoms with E-state index in [2.05, 4.69) is 15.0 Å². The molecule has 5 nitrogen and oxygen atoms in total. The van der Waals surface area contributed by atoms with Crippen LogP contribution < -0.4 is 0 Å². The Labute approximate surface area is 137 Å². The molecule has 120 valence electrons. The molecule has 0 spiro atoms. The standard InChI is InChI=1S/C18H15FN4O/c1-24-11-10-23-17(12-6-2-3-7-13(12)19)22-16-18(23)21-15-9-5-4-8-14(15)20-16/h2-9H,10-11H2,1H3. The predicted molar refractivity (Wildman–Crippen MR) is 90.1 cm³/mol. The fourth-order valence-corrected chi connectivity index (χ4v) is 2.74. The van der Waals surface area contributed by atoms with Crippen LogP contribution in [0, 0.1) is 5.82 Å². The molecule has 2 heterocycles. The Bertz CT molecular complexity index is 1030. The van der Waals surface area contributed by atoms with Gasteiger partial charge in [0, 0.05) is 13.7 Å². The van der Waals surface area contributed by atoms with E-state index in [-0.39, 0.29) is 5.82 Å². The van der Waals surface area contributed by atoms with Crippen molar-refractivity contribution in [1.82, 2.24) is 19.5 Å². The van der Waals surface area contributed by atoms with Gasteiger partial charge in [0.1, 0.15) is 11.6 Å². The number of nitrogens with zero attached hydrogens (tertiary/aromatic N) is 4. The maximum atomic E-state index is 14.3. The van der Waals surface area contributed by atoms with Crippen LogP contribution >= 0.6 is 0 Å². The number of hydrogen-bond acceptors (Lipinski definition) is 4. The number of imidazole rings is 1. The van der Waals surface area contributed by atoms with E-state index in [9.17, 15) is 4.39 Å². The van der Waals surface area contributed by atoms with Crippen molar-refractivity contribution in [3.05, 3.63) is 54.3 Å². The number of methoxy groups -OCH3 is 1. The molecule has 0 saturated carbocycles. The van der Waals surface area contributed by atoms with Crippen LogP contribution in [0.3, 0.4) is 0 Å². The van der Waals surface area contributed by atoms with Gasteiger partial charge < -0.3 is 9.30 Å². The molecule has 2 aromatic carbocycles. The highest BCUT2D eigenvalue weighted by atomic mass is 19.1. The van der Waals surface area contributed by atoms with Crippen LogP contribution in [0.1, 0.15) is 0 Å². The summed E-state index contributed by atoms with van der Waals surface area (Å²) in [4.78, 5) is 13.8. The van der Waals surface area contributed by atoms with E-state index in [1.54, 1.807) is 25.3 Å². The maximum Gasteiger partial charge on any atom is 0.198 e. The lowest BCUT2D eigenvalue weighted by Crippen LogP contribution is -2.07. The Hall–Kier alpha value is -2.86. The van der Waals surface area contributed by atoms with Crippen molar-refractivity contribution in [2.24, 2.45) is 0 Å². The lowest BCUT2D eigenvalue weighted by Gasteiger charge is -2.08. The zero-order valence-electron chi connectivity index (χ0n) is 13.1. The molecule has 0 fully saturated rings. The first-order valence-corrected chi connectivity index (χ1v) is 7.65. The quantitative estimate of drug-likeness (QED) is 0.577. The first-order valence-electron chi connectivity index (χ1n) is 7.65. The van der Waals surface area contributed by atoms with Crippen LogP contribution in [-0.2, 0) is 11.3 Å². The van der Waals surface area contributed by atoms with Crippen LogP contribution in [0.25, 0.3) is 33.7 Å². The number of ether oxygens (including phenoxy) is 1. The molecule has 4 aromatic rings. The molecule has 0 amide bonds. The van der Waals surface area contributed by atoms with Crippen molar-refractivity contribution in [2.75, 3.05) is 13.7 Å². The number of aromatic nitrogens is 4. The molecular formula is C18H15FN4O. The molecule has 0 aliphatic heterocycles. The normalized spacial score (nSPS) is 11.4. The monoisotopic (exact) mass is 322 g/mol. The molecule has 24 heavy (non-hydrogen) atoms. The van der Waals surface area contributed by atoms with Gasteiger partial charge in [-0.15, -0.1) is 0 Å². The Morgan fingerprint density at radius 3 is 2.42 bits per heavy atom. The van der Waals surface area contributed by atoms with Crippen LogP contribution in [0.15, 0.2) is 48.5 Å². The highest BCUT2D eigenvalue weighted by molar-refractivity contribution is 5.84. The van der Waals surface area contributed by atoms with Gasteiger partial charge in [-0.05, 0) is 24.3 Å². The summed E-state index contributed by atoms with van der Waals surface area (Å²) in [6, 6.07) is 14.2. The third-order valence-corrected chi connectivity index (χ3v) is 3.89. The highest BCUT2D eigenvalue weighted by Gasteiger charge is 2.18. The minimum absolute atomic E-state index is 0.323. The largest absolute Gasteiger partial charge is 0.383 e. The van der Waals surface area contributed by atoms with E-state index in [1.807, 2.05) is 28.8 Å². The average molecular weight is 322 g/mol. The second-order valence-corrected chi connectivity index (χ2v) is 5.42. The minimum Gasteiger partial charge on any atom is -0.383 e. The Morgan fingerprint density at radius 2 is 1.67 bits per heavy atom. The number of benzene rings is 2. The number of para-hydroxylation sites is 2. The molecule has 0 bridgehead atoms. The summed E-state index contributed by atoms with van der Waals surface area (Å²) in [7, 11) is 1.63. The van der Waals surface area contributed by atoms with Crippen molar-refractivity contribution in [2.45, 2.75) is 6.54 Å². The topological polar surface area (TPSA) is 52.8 Å². The van der Waals surface area contributed by atoms with Crippen molar-refractivity contribution < 1.29 is 9.13 Å². The molecule has 0 aliphatic carbocycles. The third-order valence-electron chi connectivity index (χ3n) is 3.89. The number of fused-ring (bicyclic) bond motifs is 2. The molecule has 0 unspecified atom stereocenters. The molecule has 4 rings (SSSR count). The van der Waals surface area contributed by atoms with E-state index in [4.69, 9.17) is 4.74 Å². The fourth-order valence-electron chi connectivity index (χ4n) is 2.74. The zero-order chi connectivity index (χ0) is 16.5. The van der Waals surface area contributed by atoms with Gasteiger partial charge in [-0.1, -0.05) is 24.3 Å². The van der Waals surface area contributed by atoms with Crippen LogP contribution in [-0.4, -0.2) is 33.2 Å². The Balaban J connectivity index is 2.01. The molecule has 0 radical (unpaired) electrons. The van der Waals surface area contributed by atoms with E-state index >= 15 is 0 Å². The first-order chi connectivity index (χ1) is 11.8. The van der Waals surface area contributed by atoms with E-state index in [0.717, 1.165) is 11.0 Å². The summed E-state index contributed by atoms with van der Waals surface area (Å²) < 4.78 is 21.3. The summed E-state index contributed by atoms with van der Waals surface area (Å²) in [6.07, 6.45) is 0. The zero-order valence-corrected chi connectivity index (χ0v) is 13.1. The van der Waals surface area contributed by atoms with Gasteiger partial charge in [0.05, 0.1) is 23.2 Å².